The summed E-state index contributed by atoms with van der Waals surface area (Å²) in [6.45, 7) is 14.7. The fourth-order valence-corrected chi connectivity index (χ4v) is 3.91. The highest BCUT2D eigenvalue weighted by molar-refractivity contribution is 4.78. The van der Waals surface area contributed by atoms with Gasteiger partial charge in [0.1, 0.15) is 0 Å². The third-order valence-corrected chi connectivity index (χ3v) is 5.21. The summed E-state index contributed by atoms with van der Waals surface area (Å²) in [5, 5.41) is 3.80. The van der Waals surface area contributed by atoms with E-state index in [4.69, 9.17) is 0 Å². The Morgan fingerprint density at radius 2 is 1.81 bits per heavy atom. The largest absolute Gasteiger partial charge is 0.314 e. The zero-order valence-electron chi connectivity index (χ0n) is 14.6. The molecule has 0 aromatic heterocycles. The molecule has 1 unspecified atom stereocenters. The van der Waals surface area contributed by atoms with E-state index in [1.165, 1.54) is 77.8 Å². The van der Waals surface area contributed by atoms with E-state index in [1.807, 2.05) is 0 Å². The van der Waals surface area contributed by atoms with Crippen LogP contribution in [0.4, 0.5) is 0 Å². The van der Waals surface area contributed by atoms with Crippen molar-refractivity contribution in [1.82, 2.24) is 15.1 Å². The third-order valence-electron chi connectivity index (χ3n) is 5.21. The molecule has 0 radical (unpaired) electrons. The molecule has 2 aliphatic heterocycles. The lowest BCUT2D eigenvalue weighted by Gasteiger charge is -2.34. The van der Waals surface area contributed by atoms with Gasteiger partial charge in [-0.25, -0.2) is 0 Å². The van der Waals surface area contributed by atoms with Crippen LogP contribution in [-0.2, 0) is 0 Å². The van der Waals surface area contributed by atoms with Crippen LogP contribution in [0, 0.1) is 5.92 Å². The number of likely N-dealkylation sites (tertiary alicyclic amines) is 2. The topological polar surface area (TPSA) is 18.5 Å². The van der Waals surface area contributed by atoms with Crippen LogP contribution in [0.15, 0.2) is 0 Å². The van der Waals surface area contributed by atoms with Gasteiger partial charge in [-0.15, -0.1) is 0 Å². The number of nitrogens with one attached hydrogen (secondary N) is 1. The second-order valence-electron chi connectivity index (χ2n) is 7.66. The summed E-state index contributed by atoms with van der Waals surface area (Å²) >= 11 is 0. The van der Waals surface area contributed by atoms with E-state index in [0.29, 0.717) is 0 Å². The van der Waals surface area contributed by atoms with Crippen molar-refractivity contribution in [3.8, 4) is 0 Å². The van der Waals surface area contributed by atoms with Crippen molar-refractivity contribution in [2.24, 2.45) is 5.92 Å². The van der Waals surface area contributed by atoms with Crippen molar-refractivity contribution in [3.63, 3.8) is 0 Å². The van der Waals surface area contributed by atoms with Gasteiger partial charge in [-0.3, -0.25) is 0 Å². The van der Waals surface area contributed by atoms with E-state index in [0.717, 1.165) is 18.0 Å². The summed E-state index contributed by atoms with van der Waals surface area (Å²) in [7, 11) is 0. The van der Waals surface area contributed by atoms with Gasteiger partial charge in [0.15, 0.2) is 0 Å². The number of rotatable bonds is 7. The SMILES string of the molecule is CC(C)CN1CCC(NCCCN2CCCCC2C)CC1. The number of hydrogen-bond acceptors (Lipinski definition) is 3. The molecule has 124 valence electrons. The Morgan fingerprint density at radius 1 is 1.05 bits per heavy atom. The van der Waals surface area contributed by atoms with Crippen molar-refractivity contribution in [2.45, 2.75) is 71.4 Å². The molecule has 1 atom stereocenters. The molecule has 2 saturated heterocycles. The van der Waals surface area contributed by atoms with Crippen LogP contribution in [0.25, 0.3) is 0 Å². The molecule has 0 amide bonds. The Bertz CT molecular complexity index is 272. The molecule has 0 aromatic carbocycles. The van der Waals surface area contributed by atoms with Crippen molar-refractivity contribution < 1.29 is 0 Å². The van der Waals surface area contributed by atoms with E-state index >= 15 is 0 Å². The predicted molar refractivity (Wildman–Crippen MR) is 91.8 cm³/mol. The molecular formula is C18H37N3. The predicted octanol–water partition coefficient (Wildman–Crippen LogP) is 2.96. The van der Waals surface area contributed by atoms with Crippen molar-refractivity contribution in [2.75, 3.05) is 39.3 Å². The Kier molecular flexibility index (Phi) is 7.48. The van der Waals surface area contributed by atoms with Gasteiger partial charge in [-0.1, -0.05) is 20.3 Å². The third kappa shape index (κ3) is 6.25. The van der Waals surface area contributed by atoms with Crippen molar-refractivity contribution in [1.29, 1.82) is 0 Å². The van der Waals surface area contributed by atoms with Crippen LogP contribution in [0.3, 0.4) is 0 Å². The fraction of sp³-hybridized carbons (Fsp3) is 1.00. The van der Waals surface area contributed by atoms with Gasteiger partial charge in [-0.05, 0) is 77.7 Å². The maximum atomic E-state index is 3.80. The first-order chi connectivity index (χ1) is 10.1. The van der Waals surface area contributed by atoms with E-state index in [9.17, 15) is 0 Å². The molecule has 0 aromatic rings. The molecule has 21 heavy (non-hydrogen) atoms. The maximum absolute atomic E-state index is 3.80. The molecule has 3 nitrogen and oxygen atoms in total. The highest BCUT2D eigenvalue weighted by Gasteiger charge is 2.20. The quantitative estimate of drug-likeness (QED) is 0.729. The average Bonchev–Trinajstić information content (AvgIpc) is 2.46. The molecule has 2 rings (SSSR count). The van der Waals surface area contributed by atoms with E-state index in [1.54, 1.807) is 0 Å². The van der Waals surface area contributed by atoms with Crippen LogP contribution in [-0.4, -0.2) is 61.2 Å². The monoisotopic (exact) mass is 295 g/mol. The summed E-state index contributed by atoms with van der Waals surface area (Å²) < 4.78 is 0. The van der Waals surface area contributed by atoms with Gasteiger partial charge in [0.05, 0.1) is 0 Å². The maximum Gasteiger partial charge on any atom is 0.00914 e. The molecular weight excluding hydrogens is 258 g/mol. The number of piperidine rings is 2. The van der Waals surface area contributed by atoms with Crippen LogP contribution < -0.4 is 5.32 Å². The normalized spacial score (nSPS) is 26.6. The minimum absolute atomic E-state index is 0.771. The first kappa shape index (κ1) is 17.2. The van der Waals surface area contributed by atoms with Crippen LogP contribution in [0.2, 0.25) is 0 Å². The van der Waals surface area contributed by atoms with Gasteiger partial charge >= 0.3 is 0 Å². The summed E-state index contributed by atoms with van der Waals surface area (Å²) in [6, 6.07) is 1.59. The molecule has 0 saturated carbocycles. The first-order valence-electron chi connectivity index (χ1n) is 9.35. The lowest BCUT2D eigenvalue weighted by atomic mass is 10.0. The molecule has 0 aliphatic carbocycles. The molecule has 2 aliphatic rings. The zero-order valence-corrected chi connectivity index (χ0v) is 14.6. The van der Waals surface area contributed by atoms with Gasteiger partial charge in [-0.2, -0.15) is 0 Å². The summed E-state index contributed by atoms with van der Waals surface area (Å²) in [5.41, 5.74) is 0. The molecule has 2 heterocycles. The lowest BCUT2D eigenvalue weighted by molar-refractivity contribution is 0.154. The van der Waals surface area contributed by atoms with E-state index in [-0.39, 0.29) is 0 Å². The Morgan fingerprint density at radius 3 is 2.48 bits per heavy atom. The van der Waals surface area contributed by atoms with Crippen molar-refractivity contribution in [3.05, 3.63) is 0 Å². The minimum atomic E-state index is 0.771. The molecule has 2 fully saturated rings. The Balaban J connectivity index is 1.52. The van der Waals surface area contributed by atoms with E-state index < -0.39 is 0 Å². The van der Waals surface area contributed by atoms with E-state index in [2.05, 4.69) is 35.9 Å². The van der Waals surface area contributed by atoms with Gasteiger partial charge < -0.3 is 15.1 Å². The smallest absolute Gasteiger partial charge is 0.00914 e. The second kappa shape index (κ2) is 9.12. The first-order valence-corrected chi connectivity index (χ1v) is 9.35. The van der Waals surface area contributed by atoms with Crippen LogP contribution in [0.5, 0.6) is 0 Å². The summed E-state index contributed by atoms with van der Waals surface area (Å²) in [5.74, 6) is 0.807. The Labute approximate surface area is 132 Å². The van der Waals surface area contributed by atoms with Gasteiger partial charge in [0.2, 0.25) is 0 Å². The van der Waals surface area contributed by atoms with Crippen molar-refractivity contribution >= 4 is 0 Å². The lowest BCUT2D eigenvalue weighted by Crippen LogP contribution is -2.44. The average molecular weight is 296 g/mol. The van der Waals surface area contributed by atoms with Crippen LogP contribution >= 0.6 is 0 Å². The number of nitrogens with zero attached hydrogens (tertiary/aromatic N) is 2. The zero-order chi connectivity index (χ0) is 15.1. The fourth-order valence-electron chi connectivity index (χ4n) is 3.91. The minimum Gasteiger partial charge on any atom is -0.314 e. The molecule has 0 spiro atoms. The van der Waals surface area contributed by atoms with Gasteiger partial charge in [0.25, 0.3) is 0 Å². The molecule has 1 N–H and O–H groups in total. The molecule has 3 heteroatoms. The Hall–Kier alpha value is -0.120. The summed E-state index contributed by atoms with van der Waals surface area (Å²) in [4.78, 5) is 5.33. The second-order valence-corrected chi connectivity index (χ2v) is 7.66. The highest BCUT2D eigenvalue weighted by Crippen LogP contribution is 2.16. The van der Waals surface area contributed by atoms with Gasteiger partial charge in [0, 0.05) is 18.6 Å². The number of hydrogen-bond donors (Lipinski definition) is 1. The summed E-state index contributed by atoms with van der Waals surface area (Å²) in [6.07, 6.45) is 8.24. The highest BCUT2D eigenvalue weighted by atomic mass is 15.2. The molecule has 0 bridgehead atoms. The van der Waals surface area contributed by atoms with Crippen LogP contribution in [0.1, 0.15) is 59.3 Å². The standard InChI is InChI=1S/C18H37N3/c1-16(2)15-20-13-8-18(9-14-20)19-10-6-12-21-11-5-4-7-17(21)3/h16-19H,4-15H2,1-3H3.